The number of phenols is 1. The van der Waals surface area contributed by atoms with E-state index in [1.807, 2.05) is 0 Å². The molecule has 0 spiro atoms. The van der Waals surface area contributed by atoms with Crippen LogP contribution in [0.15, 0.2) is 18.2 Å². The fraction of sp³-hybridized carbons (Fsp3) is 0.273. The molecule has 5 nitrogen and oxygen atoms in total. The van der Waals surface area contributed by atoms with E-state index in [9.17, 15) is 19.1 Å². The normalized spacial score (nSPS) is 15.5. The minimum absolute atomic E-state index is 0.0436. The number of carbonyl (C=O) groups is 2. The Balaban J connectivity index is 2.15. The number of benzene rings is 1. The van der Waals surface area contributed by atoms with E-state index in [1.54, 1.807) is 0 Å². The maximum Gasteiger partial charge on any atom is 0.310 e. The van der Waals surface area contributed by atoms with Gasteiger partial charge in [-0.25, -0.2) is 4.39 Å². The molecule has 0 unspecified atom stereocenters. The minimum atomic E-state index is -0.980. The molecule has 0 radical (unpaired) electrons. The van der Waals surface area contributed by atoms with Gasteiger partial charge in [0.25, 0.3) is 5.91 Å². The number of likely N-dealkylation sites (tertiary alicyclic amines) is 1. The van der Waals surface area contributed by atoms with Crippen LogP contribution in [0, 0.1) is 11.7 Å². The number of aliphatic carboxylic acids is 1. The Kier molecular flexibility index (Phi) is 2.71. The summed E-state index contributed by atoms with van der Waals surface area (Å²) < 4.78 is 13.4. The molecule has 1 heterocycles. The van der Waals surface area contributed by atoms with Crippen LogP contribution in [-0.4, -0.2) is 40.1 Å². The molecule has 0 atom stereocenters. The number of rotatable bonds is 2. The fourth-order valence-corrected chi connectivity index (χ4v) is 1.68. The van der Waals surface area contributed by atoms with Gasteiger partial charge in [0.05, 0.1) is 5.92 Å². The maximum atomic E-state index is 13.4. The number of hydrogen-bond acceptors (Lipinski definition) is 3. The van der Waals surface area contributed by atoms with Crippen LogP contribution >= 0.6 is 0 Å². The number of carbonyl (C=O) groups excluding carboxylic acids is 1. The molecule has 1 aromatic rings. The molecule has 90 valence electrons. The molecule has 2 rings (SSSR count). The van der Waals surface area contributed by atoms with Crippen LogP contribution in [0.3, 0.4) is 0 Å². The molecule has 1 amide bonds. The molecule has 0 bridgehead atoms. The average Bonchev–Trinajstić information content (AvgIpc) is 2.13. The Hall–Kier alpha value is -2.11. The third-order valence-electron chi connectivity index (χ3n) is 2.72. The number of nitrogens with zero attached hydrogens (tertiary/aromatic N) is 1. The van der Waals surface area contributed by atoms with Crippen LogP contribution in [0.4, 0.5) is 4.39 Å². The van der Waals surface area contributed by atoms with Gasteiger partial charge < -0.3 is 15.1 Å². The van der Waals surface area contributed by atoms with Gasteiger partial charge in [0.1, 0.15) is 17.1 Å². The first-order valence-electron chi connectivity index (χ1n) is 5.00. The molecule has 0 aliphatic carbocycles. The number of halogens is 1. The van der Waals surface area contributed by atoms with Gasteiger partial charge in [-0.3, -0.25) is 9.59 Å². The van der Waals surface area contributed by atoms with Crippen molar-refractivity contribution < 1.29 is 24.2 Å². The number of aromatic hydroxyl groups is 1. The van der Waals surface area contributed by atoms with E-state index in [0.29, 0.717) is 0 Å². The summed E-state index contributed by atoms with van der Waals surface area (Å²) in [5, 5.41) is 18.1. The first kappa shape index (κ1) is 11.4. The van der Waals surface area contributed by atoms with Gasteiger partial charge in [-0.1, -0.05) is 6.07 Å². The lowest BCUT2D eigenvalue weighted by molar-refractivity contribution is -0.146. The fourth-order valence-electron chi connectivity index (χ4n) is 1.68. The van der Waals surface area contributed by atoms with Crippen LogP contribution < -0.4 is 0 Å². The van der Waals surface area contributed by atoms with E-state index in [0.717, 1.165) is 6.07 Å². The quantitative estimate of drug-likeness (QED) is 0.795. The standard InChI is InChI=1S/C11H10FNO4/c12-7-2-1-3-8(14)9(7)10(15)13-4-6(5-13)11(16)17/h1-3,6,14H,4-5H2,(H,16,17). The molecule has 1 aliphatic heterocycles. The second-order valence-electron chi connectivity index (χ2n) is 3.88. The number of amides is 1. The van der Waals surface area contributed by atoms with Crippen LogP contribution in [0.5, 0.6) is 5.75 Å². The monoisotopic (exact) mass is 239 g/mol. The van der Waals surface area contributed by atoms with E-state index < -0.39 is 34.9 Å². The molecular formula is C11H10FNO4. The maximum absolute atomic E-state index is 13.4. The van der Waals surface area contributed by atoms with Gasteiger partial charge >= 0.3 is 5.97 Å². The van der Waals surface area contributed by atoms with Gasteiger partial charge in [-0.15, -0.1) is 0 Å². The van der Waals surface area contributed by atoms with Gasteiger partial charge in [0, 0.05) is 13.1 Å². The Bertz CT molecular complexity index is 462. The molecule has 2 N–H and O–H groups in total. The average molecular weight is 239 g/mol. The summed E-state index contributed by atoms with van der Waals surface area (Å²) in [6.45, 7) is 0.0872. The van der Waals surface area contributed by atoms with Crippen LogP contribution in [0.2, 0.25) is 0 Å². The predicted octanol–water partition coefficient (Wildman–Crippen LogP) is 0.688. The molecule has 1 aliphatic rings. The van der Waals surface area contributed by atoms with Crippen molar-refractivity contribution in [3.8, 4) is 5.75 Å². The number of hydrogen-bond donors (Lipinski definition) is 2. The summed E-state index contributed by atoms with van der Waals surface area (Å²) >= 11 is 0. The van der Waals surface area contributed by atoms with Crippen molar-refractivity contribution in [3.63, 3.8) is 0 Å². The summed E-state index contributed by atoms with van der Waals surface area (Å²) in [5.41, 5.74) is -0.406. The van der Waals surface area contributed by atoms with Gasteiger partial charge in [0.2, 0.25) is 0 Å². The lowest BCUT2D eigenvalue weighted by atomic mass is 9.99. The molecule has 6 heteroatoms. The van der Waals surface area contributed by atoms with Crippen LogP contribution in [0.25, 0.3) is 0 Å². The lowest BCUT2D eigenvalue weighted by Gasteiger charge is -2.36. The van der Waals surface area contributed by atoms with Gasteiger partial charge in [-0.05, 0) is 12.1 Å². The Morgan fingerprint density at radius 3 is 2.53 bits per heavy atom. The summed E-state index contributed by atoms with van der Waals surface area (Å²) in [4.78, 5) is 23.5. The molecule has 0 aromatic heterocycles. The summed E-state index contributed by atoms with van der Waals surface area (Å²) in [6.07, 6.45) is 0. The van der Waals surface area contributed by atoms with E-state index in [4.69, 9.17) is 5.11 Å². The Morgan fingerprint density at radius 2 is 2.00 bits per heavy atom. The molecule has 1 aromatic carbocycles. The van der Waals surface area contributed by atoms with E-state index in [-0.39, 0.29) is 13.1 Å². The third-order valence-corrected chi connectivity index (χ3v) is 2.72. The molecular weight excluding hydrogens is 229 g/mol. The van der Waals surface area contributed by atoms with E-state index in [1.165, 1.54) is 17.0 Å². The minimum Gasteiger partial charge on any atom is -0.507 e. The van der Waals surface area contributed by atoms with E-state index >= 15 is 0 Å². The molecule has 17 heavy (non-hydrogen) atoms. The SMILES string of the molecule is O=C(O)C1CN(C(=O)c2c(O)cccc2F)C1. The van der Waals surface area contributed by atoms with Crippen molar-refractivity contribution in [2.75, 3.05) is 13.1 Å². The van der Waals surface area contributed by atoms with E-state index in [2.05, 4.69) is 0 Å². The smallest absolute Gasteiger partial charge is 0.310 e. The Morgan fingerprint density at radius 1 is 1.35 bits per heavy atom. The highest BCUT2D eigenvalue weighted by Gasteiger charge is 2.37. The second kappa shape index (κ2) is 4.04. The summed E-state index contributed by atoms with van der Waals surface area (Å²) in [5.74, 6) is -3.51. The van der Waals surface area contributed by atoms with Gasteiger partial charge in [-0.2, -0.15) is 0 Å². The molecule has 0 saturated carbocycles. The number of carboxylic acid groups (broad SMARTS) is 1. The van der Waals surface area contributed by atoms with Crippen molar-refractivity contribution in [1.82, 2.24) is 4.90 Å². The van der Waals surface area contributed by atoms with Crippen molar-refractivity contribution in [1.29, 1.82) is 0 Å². The number of carboxylic acids is 1. The van der Waals surface area contributed by atoms with Crippen LogP contribution in [-0.2, 0) is 4.79 Å². The molecule has 1 fully saturated rings. The van der Waals surface area contributed by atoms with Crippen molar-refractivity contribution in [2.24, 2.45) is 5.92 Å². The van der Waals surface area contributed by atoms with Crippen molar-refractivity contribution in [2.45, 2.75) is 0 Å². The van der Waals surface area contributed by atoms with Crippen molar-refractivity contribution >= 4 is 11.9 Å². The Labute approximate surface area is 96.1 Å². The second-order valence-corrected chi connectivity index (χ2v) is 3.88. The molecule has 1 saturated heterocycles. The zero-order chi connectivity index (χ0) is 12.6. The highest BCUT2D eigenvalue weighted by atomic mass is 19.1. The highest BCUT2D eigenvalue weighted by molar-refractivity contribution is 5.98. The third kappa shape index (κ3) is 1.93. The highest BCUT2D eigenvalue weighted by Crippen LogP contribution is 2.25. The predicted molar refractivity (Wildman–Crippen MR) is 55.1 cm³/mol. The zero-order valence-electron chi connectivity index (χ0n) is 8.76. The van der Waals surface area contributed by atoms with Gasteiger partial charge in [0.15, 0.2) is 0 Å². The largest absolute Gasteiger partial charge is 0.507 e. The van der Waals surface area contributed by atoms with Crippen LogP contribution in [0.1, 0.15) is 10.4 Å². The topological polar surface area (TPSA) is 77.8 Å². The zero-order valence-corrected chi connectivity index (χ0v) is 8.76. The first-order chi connectivity index (χ1) is 8.00. The summed E-state index contributed by atoms with van der Waals surface area (Å²) in [7, 11) is 0. The van der Waals surface area contributed by atoms with Crippen molar-refractivity contribution in [3.05, 3.63) is 29.6 Å². The number of phenolic OH excluding ortho intramolecular Hbond substituents is 1. The lowest BCUT2D eigenvalue weighted by Crippen LogP contribution is -2.53. The first-order valence-corrected chi connectivity index (χ1v) is 5.00. The summed E-state index contributed by atoms with van der Waals surface area (Å²) in [6, 6.07) is 3.57.